The Morgan fingerprint density at radius 3 is 2.69 bits per heavy atom. The van der Waals surface area contributed by atoms with Gasteiger partial charge < -0.3 is 15.8 Å². The Balaban J connectivity index is 2.70. The van der Waals surface area contributed by atoms with Gasteiger partial charge in [-0.1, -0.05) is 16.8 Å². The molecule has 1 rings (SSSR count). The molecule has 1 aromatic heterocycles. The number of nitrogens with two attached hydrogens (primary N) is 1. The summed E-state index contributed by atoms with van der Waals surface area (Å²) >= 11 is 5.69. The predicted molar refractivity (Wildman–Crippen MR) is 62.9 cm³/mol. The van der Waals surface area contributed by atoms with Crippen molar-refractivity contribution >= 4 is 23.4 Å². The van der Waals surface area contributed by atoms with Crippen molar-refractivity contribution in [3.05, 3.63) is 17.4 Å². The Kier molecular flexibility index (Phi) is 4.30. The van der Waals surface area contributed by atoms with Crippen molar-refractivity contribution in [2.75, 3.05) is 11.9 Å². The van der Waals surface area contributed by atoms with E-state index in [2.05, 4.69) is 15.1 Å². The Hall–Kier alpha value is -1.56. The fraction of sp³-hybridized carbons (Fsp3) is 0.444. The maximum absolute atomic E-state index is 8.47. The molecule has 0 radical (unpaired) electrons. The summed E-state index contributed by atoms with van der Waals surface area (Å²) in [6, 6.07) is 0.0251. The van der Waals surface area contributed by atoms with E-state index in [0.717, 1.165) is 0 Å². The second-order valence-corrected chi connectivity index (χ2v) is 3.89. The topological polar surface area (TPSA) is 87.6 Å². The van der Waals surface area contributed by atoms with Gasteiger partial charge in [-0.2, -0.15) is 0 Å². The molecule has 0 aliphatic carbocycles. The molecule has 6 nitrogen and oxygen atoms in total. The number of anilines is 1. The highest BCUT2D eigenvalue weighted by atomic mass is 35.5. The van der Waals surface area contributed by atoms with Crippen LogP contribution in [0.25, 0.3) is 0 Å². The van der Waals surface area contributed by atoms with Crippen molar-refractivity contribution in [2.45, 2.75) is 19.4 Å². The minimum atomic E-state index is 0.0251. The van der Waals surface area contributed by atoms with E-state index in [1.807, 2.05) is 18.9 Å². The van der Waals surface area contributed by atoms with Crippen LogP contribution in [0.15, 0.2) is 17.5 Å². The Morgan fingerprint density at radius 1 is 1.62 bits per heavy atom. The van der Waals surface area contributed by atoms with Crippen molar-refractivity contribution in [2.24, 2.45) is 10.9 Å². The Morgan fingerprint density at radius 2 is 2.19 bits per heavy atom. The van der Waals surface area contributed by atoms with Crippen LogP contribution in [0.2, 0.25) is 5.02 Å². The summed E-state index contributed by atoms with van der Waals surface area (Å²) in [6.45, 7) is 1.93. The lowest BCUT2D eigenvalue weighted by Crippen LogP contribution is -2.34. The number of amidine groups is 1. The van der Waals surface area contributed by atoms with Gasteiger partial charge in [-0.3, -0.25) is 0 Å². The quantitative estimate of drug-likeness (QED) is 0.358. The van der Waals surface area contributed by atoms with E-state index in [1.165, 1.54) is 12.4 Å². The Labute approximate surface area is 98.7 Å². The molecule has 0 amide bonds. The smallest absolute Gasteiger partial charge is 0.225 e. The van der Waals surface area contributed by atoms with Crippen molar-refractivity contribution in [1.82, 2.24) is 9.97 Å². The molecule has 0 fully saturated rings. The summed E-state index contributed by atoms with van der Waals surface area (Å²) in [7, 11) is 1.83. The summed E-state index contributed by atoms with van der Waals surface area (Å²) < 4.78 is 0. The summed E-state index contributed by atoms with van der Waals surface area (Å²) in [5.41, 5.74) is 5.43. The minimum absolute atomic E-state index is 0.0251. The summed E-state index contributed by atoms with van der Waals surface area (Å²) in [4.78, 5) is 9.97. The lowest BCUT2D eigenvalue weighted by atomic mass is 10.2. The van der Waals surface area contributed by atoms with Crippen molar-refractivity contribution in [3.63, 3.8) is 0 Å². The third-order valence-corrected chi connectivity index (χ3v) is 2.41. The van der Waals surface area contributed by atoms with Crippen LogP contribution in [0.3, 0.4) is 0 Å². The van der Waals surface area contributed by atoms with Gasteiger partial charge in [-0.05, 0) is 6.92 Å². The van der Waals surface area contributed by atoms with Gasteiger partial charge in [0.2, 0.25) is 5.95 Å². The molecule has 1 unspecified atom stereocenters. The van der Waals surface area contributed by atoms with Crippen molar-refractivity contribution in [1.29, 1.82) is 0 Å². The molecule has 7 heteroatoms. The summed E-state index contributed by atoms with van der Waals surface area (Å²) in [6.07, 6.45) is 3.48. The molecule has 16 heavy (non-hydrogen) atoms. The normalized spacial score (nSPS) is 13.6. The largest absolute Gasteiger partial charge is 0.409 e. The first-order valence-corrected chi connectivity index (χ1v) is 5.09. The zero-order valence-corrected chi connectivity index (χ0v) is 9.89. The van der Waals surface area contributed by atoms with Gasteiger partial charge in [0.25, 0.3) is 0 Å². The first kappa shape index (κ1) is 12.5. The van der Waals surface area contributed by atoms with Crippen LogP contribution in [0.1, 0.15) is 13.3 Å². The maximum Gasteiger partial charge on any atom is 0.225 e. The fourth-order valence-electron chi connectivity index (χ4n) is 1.17. The van der Waals surface area contributed by atoms with E-state index in [1.54, 1.807) is 0 Å². The molecule has 3 N–H and O–H groups in total. The molecule has 0 bridgehead atoms. The first-order chi connectivity index (χ1) is 7.54. The molecule has 0 saturated heterocycles. The third kappa shape index (κ3) is 3.23. The fourth-order valence-corrected chi connectivity index (χ4v) is 1.26. The summed E-state index contributed by atoms with van der Waals surface area (Å²) in [5, 5.41) is 11.9. The predicted octanol–water partition coefficient (Wildman–Crippen LogP) is 1.09. The molecule has 0 spiro atoms. The van der Waals surface area contributed by atoms with Crippen LogP contribution in [0, 0.1) is 0 Å². The van der Waals surface area contributed by atoms with Crippen LogP contribution < -0.4 is 10.6 Å². The highest BCUT2D eigenvalue weighted by molar-refractivity contribution is 6.30. The van der Waals surface area contributed by atoms with Gasteiger partial charge in [-0.15, -0.1) is 0 Å². The lowest BCUT2D eigenvalue weighted by molar-refractivity contribution is 0.316. The second-order valence-electron chi connectivity index (χ2n) is 3.46. The molecule has 0 aromatic carbocycles. The van der Waals surface area contributed by atoms with Gasteiger partial charge in [0.05, 0.1) is 17.4 Å². The molecule has 1 heterocycles. The van der Waals surface area contributed by atoms with Crippen molar-refractivity contribution < 1.29 is 5.21 Å². The van der Waals surface area contributed by atoms with Gasteiger partial charge in [0.15, 0.2) is 0 Å². The lowest BCUT2D eigenvalue weighted by Gasteiger charge is -2.24. The standard InChI is InChI=1S/C9H14ClN5O/c1-6(3-8(11)14-16)15(2)9-12-4-7(10)5-13-9/h4-6,16H,3H2,1-2H3,(H2,11,14). The number of hydrogen-bond donors (Lipinski definition) is 2. The zero-order chi connectivity index (χ0) is 12.1. The van der Waals surface area contributed by atoms with Crippen LogP contribution in [-0.2, 0) is 0 Å². The van der Waals surface area contributed by atoms with E-state index in [-0.39, 0.29) is 11.9 Å². The van der Waals surface area contributed by atoms with E-state index < -0.39 is 0 Å². The zero-order valence-electron chi connectivity index (χ0n) is 9.13. The molecule has 0 aliphatic rings. The number of aromatic nitrogens is 2. The molecule has 1 aromatic rings. The Bertz CT molecular complexity index is 367. The molecular formula is C9H14ClN5O. The molecule has 0 saturated carbocycles. The van der Waals surface area contributed by atoms with E-state index in [9.17, 15) is 0 Å². The van der Waals surface area contributed by atoms with Crippen LogP contribution >= 0.6 is 11.6 Å². The van der Waals surface area contributed by atoms with Crippen LogP contribution in [0.5, 0.6) is 0 Å². The molecular weight excluding hydrogens is 230 g/mol. The van der Waals surface area contributed by atoms with Gasteiger partial charge in [0, 0.05) is 19.5 Å². The third-order valence-electron chi connectivity index (χ3n) is 2.22. The molecule has 88 valence electrons. The van der Waals surface area contributed by atoms with Crippen LogP contribution in [0.4, 0.5) is 5.95 Å². The number of halogens is 1. The first-order valence-electron chi connectivity index (χ1n) is 4.71. The van der Waals surface area contributed by atoms with Gasteiger partial charge >= 0.3 is 0 Å². The highest BCUT2D eigenvalue weighted by Crippen LogP contribution is 2.12. The SMILES string of the molecule is CC(CC(N)=NO)N(C)c1ncc(Cl)cn1. The average Bonchev–Trinajstić information content (AvgIpc) is 2.28. The monoisotopic (exact) mass is 243 g/mol. The van der Waals surface area contributed by atoms with E-state index >= 15 is 0 Å². The second kappa shape index (κ2) is 5.50. The molecule has 1 atom stereocenters. The van der Waals surface area contributed by atoms with E-state index in [4.69, 9.17) is 22.5 Å². The maximum atomic E-state index is 8.47. The minimum Gasteiger partial charge on any atom is -0.409 e. The van der Waals surface area contributed by atoms with Gasteiger partial charge in [0.1, 0.15) is 5.84 Å². The number of hydrogen-bond acceptors (Lipinski definition) is 5. The average molecular weight is 244 g/mol. The van der Waals surface area contributed by atoms with E-state index in [0.29, 0.717) is 17.4 Å². The van der Waals surface area contributed by atoms with Crippen molar-refractivity contribution in [3.8, 4) is 0 Å². The number of oxime groups is 1. The number of rotatable bonds is 4. The molecule has 0 aliphatic heterocycles. The number of nitrogens with zero attached hydrogens (tertiary/aromatic N) is 4. The van der Waals surface area contributed by atoms with Gasteiger partial charge in [-0.25, -0.2) is 9.97 Å². The highest BCUT2D eigenvalue weighted by Gasteiger charge is 2.13. The van der Waals surface area contributed by atoms with Crippen LogP contribution in [-0.4, -0.2) is 34.1 Å². The summed E-state index contributed by atoms with van der Waals surface area (Å²) in [5.74, 6) is 0.718.